The number of hydrogen-bond donors (Lipinski definition) is 1. The summed E-state index contributed by atoms with van der Waals surface area (Å²) in [6.45, 7) is 1.17. The van der Waals surface area contributed by atoms with Gasteiger partial charge in [-0.1, -0.05) is 10.3 Å². The number of nitrogens with zero attached hydrogens (tertiary/aromatic N) is 4. The summed E-state index contributed by atoms with van der Waals surface area (Å²) in [6, 6.07) is 0. The first kappa shape index (κ1) is 10.5. The molecule has 2 aliphatic rings. The van der Waals surface area contributed by atoms with Crippen molar-refractivity contribution in [3.05, 3.63) is 11.5 Å². The summed E-state index contributed by atoms with van der Waals surface area (Å²) < 4.78 is 0. The minimum absolute atomic E-state index is 0.168. The highest BCUT2D eigenvalue weighted by Gasteiger charge is 2.33. The zero-order valence-electron chi connectivity index (χ0n) is 7.65. The fourth-order valence-electron chi connectivity index (χ4n) is 1.35. The standard InChI is InChI=1S/C7H7Cl2N5O/c8-1-2-14-4-13-3-10-5(6(9)15)7(13)11-12-14/h3H,1-2,4H2/p+1. The minimum atomic E-state index is -0.610. The van der Waals surface area contributed by atoms with Crippen LogP contribution in [-0.4, -0.2) is 35.7 Å². The molecule has 0 aliphatic carbocycles. The van der Waals surface area contributed by atoms with Crippen molar-refractivity contribution in [2.24, 2.45) is 15.3 Å². The SMILES string of the molecule is O=C(Cl)C1=C2N=NN(CCCl)C[NH+]2C=N1. The summed E-state index contributed by atoms with van der Waals surface area (Å²) in [5.74, 6) is 0.949. The Balaban J connectivity index is 2.21. The van der Waals surface area contributed by atoms with Gasteiger partial charge in [0.05, 0.1) is 6.54 Å². The van der Waals surface area contributed by atoms with Gasteiger partial charge < -0.3 is 0 Å². The number of alkyl halides is 1. The lowest BCUT2D eigenvalue weighted by Crippen LogP contribution is -3.10. The van der Waals surface area contributed by atoms with E-state index in [9.17, 15) is 4.79 Å². The molecular formula is C7H8Cl2N5O+. The number of aliphatic imine (C=N–C) groups is 1. The Morgan fingerprint density at radius 1 is 1.67 bits per heavy atom. The largest absolute Gasteiger partial charge is 0.285 e. The summed E-state index contributed by atoms with van der Waals surface area (Å²) in [7, 11) is 0. The summed E-state index contributed by atoms with van der Waals surface area (Å²) in [4.78, 5) is 15.7. The van der Waals surface area contributed by atoms with Crippen LogP contribution < -0.4 is 4.90 Å². The number of quaternary nitrogens is 1. The number of carbonyl (C=O) groups excluding carboxylic acids is 1. The van der Waals surface area contributed by atoms with E-state index in [2.05, 4.69) is 15.3 Å². The third-order valence-electron chi connectivity index (χ3n) is 2.03. The molecule has 2 rings (SSSR count). The predicted octanol–water partition coefficient (Wildman–Crippen LogP) is -0.273. The Labute approximate surface area is 95.8 Å². The molecule has 0 aromatic carbocycles. The Bertz CT molecular complexity index is 378. The molecule has 0 aromatic rings. The Hall–Kier alpha value is -0.980. The van der Waals surface area contributed by atoms with Crippen LogP contribution in [0.2, 0.25) is 0 Å². The summed E-state index contributed by atoms with van der Waals surface area (Å²) in [5, 5.41) is 8.90. The van der Waals surface area contributed by atoms with Gasteiger partial charge in [-0.3, -0.25) is 4.79 Å². The number of nitrogens with one attached hydrogen (secondary N) is 1. The molecule has 2 heterocycles. The summed E-state index contributed by atoms with van der Waals surface area (Å²) in [6.07, 6.45) is 1.59. The number of allylic oxidation sites excluding steroid dienone is 1. The molecule has 80 valence electrons. The Morgan fingerprint density at radius 2 is 2.47 bits per heavy atom. The zero-order chi connectivity index (χ0) is 10.8. The van der Waals surface area contributed by atoms with Crippen LogP contribution in [0.15, 0.2) is 26.8 Å². The molecule has 0 fully saturated rings. The van der Waals surface area contributed by atoms with Crippen molar-refractivity contribution < 1.29 is 9.69 Å². The first-order valence-corrected chi connectivity index (χ1v) is 5.20. The minimum Gasteiger partial charge on any atom is -0.273 e. The van der Waals surface area contributed by atoms with Crippen molar-refractivity contribution in [2.75, 3.05) is 19.1 Å². The van der Waals surface area contributed by atoms with Gasteiger partial charge in [-0.25, -0.2) is 9.91 Å². The van der Waals surface area contributed by atoms with Gasteiger partial charge in [0.15, 0.2) is 13.0 Å². The van der Waals surface area contributed by atoms with E-state index in [-0.39, 0.29) is 5.70 Å². The van der Waals surface area contributed by atoms with Crippen LogP contribution >= 0.6 is 23.2 Å². The fourth-order valence-corrected chi connectivity index (χ4v) is 1.68. The smallest absolute Gasteiger partial charge is 0.273 e. The number of hydrogen-bond acceptors (Lipinski definition) is 5. The molecule has 1 N–H and O–H groups in total. The molecule has 8 heteroatoms. The molecule has 0 radical (unpaired) electrons. The van der Waals surface area contributed by atoms with Crippen molar-refractivity contribution in [2.45, 2.75) is 0 Å². The first-order valence-electron chi connectivity index (χ1n) is 4.29. The van der Waals surface area contributed by atoms with Crippen molar-refractivity contribution in [1.29, 1.82) is 0 Å². The highest BCUT2D eigenvalue weighted by atomic mass is 35.5. The van der Waals surface area contributed by atoms with Crippen LogP contribution in [0.5, 0.6) is 0 Å². The monoisotopic (exact) mass is 248 g/mol. The van der Waals surface area contributed by atoms with Crippen LogP contribution in [0.3, 0.4) is 0 Å². The van der Waals surface area contributed by atoms with Crippen molar-refractivity contribution in [3.63, 3.8) is 0 Å². The average Bonchev–Trinajstić information content (AvgIpc) is 2.61. The van der Waals surface area contributed by atoms with Gasteiger partial charge in [-0.15, -0.1) is 11.6 Å². The van der Waals surface area contributed by atoms with E-state index in [4.69, 9.17) is 23.2 Å². The Morgan fingerprint density at radius 3 is 3.13 bits per heavy atom. The van der Waals surface area contributed by atoms with Crippen molar-refractivity contribution in [3.8, 4) is 0 Å². The molecule has 0 saturated carbocycles. The van der Waals surface area contributed by atoms with E-state index in [1.807, 2.05) is 0 Å². The van der Waals surface area contributed by atoms with Crippen LogP contribution in [-0.2, 0) is 4.79 Å². The number of halogens is 2. The van der Waals surface area contributed by atoms with Gasteiger partial charge in [-0.2, -0.15) is 4.99 Å². The highest BCUT2D eigenvalue weighted by Crippen LogP contribution is 2.12. The number of rotatable bonds is 3. The van der Waals surface area contributed by atoms with E-state index in [0.29, 0.717) is 24.9 Å². The molecule has 2 aliphatic heterocycles. The van der Waals surface area contributed by atoms with E-state index in [0.717, 1.165) is 4.90 Å². The lowest BCUT2D eigenvalue weighted by Gasteiger charge is -2.22. The van der Waals surface area contributed by atoms with Crippen molar-refractivity contribution >= 4 is 34.8 Å². The molecule has 0 aromatic heterocycles. The third-order valence-corrected chi connectivity index (χ3v) is 2.38. The highest BCUT2D eigenvalue weighted by molar-refractivity contribution is 6.67. The average molecular weight is 249 g/mol. The topological polar surface area (TPSA) is 61.8 Å². The van der Waals surface area contributed by atoms with E-state index < -0.39 is 5.24 Å². The van der Waals surface area contributed by atoms with Crippen molar-refractivity contribution in [1.82, 2.24) is 5.01 Å². The lowest BCUT2D eigenvalue weighted by molar-refractivity contribution is -0.773. The van der Waals surface area contributed by atoms with Gasteiger partial charge >= 0.3 is 0 Å². The summed E-state index contributed by atoms with van der Waals surface area (Å²) >= 11 is 10.9. The zero-order valence-corrected chi connectivity index (χ0v) is 9.16. The van der Waals surface area contributed by atoms with E-state index >= 15 is 0 Å². The van der Waals surface area contributed by atoms with E-state index in [1.54, 1.807) is 11.3 Å². The normalized spacial score (nSPS) is 23.6. The number of carbonyl (C=O) groups is 1. The molecule has 1 unspecified atom stereocenters. The summed E-state index contributed by atoms with van der Waals surface area (Å²) in [5.41, 5.74) is 0.168. The molecule has 0 bridgehead atoms. The van der Waals surface area contributed by atoms with Crippen LogP contribution in [0, 0.1) is 0 Å². The molecule has 15 heavy (non-hydrogen) atoms. The van der Waals surface area contributed by atoms with Crippen LogP contribution in [0.1, 0.15) is 0 Å². The maximum Gasteiger partial charge on any atom is 0.285 e. The second-order valence-electron chi connectivity index (χ2n) is 3.02. The van der Waals surface area contributed by atoms with Gasteiger partial charge in [0.2, 0.25) is 5.70 Å². The first-order chi connectivity index (χ1) is 7.22. The van der Waals surface area contributed by atoms with Crippen LogP contribution in [0.25, 0.3) is 0 Å². The molecule has 0 spiro atoms. The third kappa shape index (κ3) is 2.01. The number of fused-ring (bicyclic) bond motifs is 1. The van der Waals surface area contributed by atoms with Gasteiger partial charge in [0, 0.05) is 5.88 Å². The maximum absolute atomic E-state index is 11.0. The van der Waals surface area contributed by atoms with Gasteiger partial charge in [0.25, 0.3) is 11.1 Å². The van der Waals surface area contributed by atoms with Gasteiger partial charge in [-0.05, 0) is 11.6 Å². The quantitative estimate of drug-likeness (QED) is 0.552. The second-order valence-corrected chi connectivity index (χ2v) is 3.74. The van der Waals surface area contributed by atoms with Gasteiger partial charge in [0.1, 0.15) is 0 Å². The molecule has 0 saturated heterocycles. The van der Waals surface area contributed by atoms with Crippen LogP contribution in [0.4, 0.5) is 0 Å². The van der Waals surface area contributed by atoms with E-state index in [1.165, 1.54) is 0 Å². The maximum atomic E-state index is 11.0. The fraction of sp³-hybridized carbons (Fsp3) is 0.429. The molecule has 1 atom stereocenters. The predicted molar refractivity (Wildman–Crippen MR) is 54.5 cm³/mol. The lowest BCUT2D eigenvalue weighted by atomic mass is 10.4. The molecule has 0 amide bonds. The molecular weight excluding hydrogens is 241 g/mol. The molecule has 6 nitrogen and oxygen atoms in total. The second kappa shape index (κ2) is 4.26. The Kier molecular flexibility index (Phi) is 2.99.